The molecule has 0 aliphatic rings. The lowest BCUT2D eigenvalue weighted by Crippen LogP contribution is -2.42. The van der Waals surface area contributed by atoms with Crippen LogP contribution >= 0.6 is 0 Å². The lowest BCUT2D eigenvalue weighted by atomic mass is 9.65. The third-order valence-electron chi connectivity index (χ3n) is 6.01. The molecule has 2 N–H and O–H groups in total. The molecule has 11 heteroatoms. The van der Waals surface area contributed by atoms with Crippen LogP contribution in [0.1, 0.15) is 22.3 Å². The van der Waals surface area contributed by atoms with E-state index in [9.17, 15) is 36.4 Å². The summed E-state index contributed by atoms with van der Waals surface area (Å²) in [5.41, 5.74) is -2.27. The van der Waals surface area contributed by atoms with Crippen molar-refractivity contribution in [2.24, 2.45) is 0 Å². The zero-order valence-corrected chi connectivity index (χ0v) is 19.5. The summed E-state index contributed by atoms with van der Waals surface area (Å²) < 4.78 is 84.8. The quantitative estimate of drug-likeness (QED) is 0.247. The normalized spacial score (nSPS) is 13.5. The third kappa shape index (κ3) is 5.44. The van der Waals surface area contributed by atoms with Crippen LogP contribution < -0.4 is 10.2 Å². The van der Waals surface area contributed by atoms with Gasteiger partial charge in [0.2, 0.25) is 0 Å². The van der Waals surface area contributed by atoms with Crippen molar-refractivity contribution in [1.82, 2.24) is 0 Å². The first kappa shape index (κ1) is 27.3. The van der Waals surface area contributed by atoms with Crippen molar-refractivity contribution in [3.8, 4) is 16.9 Å². The van der Waals surface area contributed by atoms with Gasteiger partial charge in [-0.15, -0.1) is 0 Å². The van der Waals surface area contributed by atoms with E-state index in [-0.39, 0.29) is 16.8 Å². The van der Waals surface area contributed by atoms with Gasteiger partial charge in [0.25, 0.3) is 0 Å². The van der Waals surface area contributed by atoms with Crippen molar-refractivity contribution in [3.63, 3.8) is 0 Å². The van der Waals surface area contributed by atoms with Gasteiger partial charge in [-0.1, -0.05) is 66.7 Å². The maximum Gasteiger partial charge on any atom is 0.416 e. The van der Waals surface area contributed by atoms with E-state index in [1.807, 2.05) is 0 Å². The molecule has 3 nitrogen and oxygen atoms in total. The number of benzene rings is 4. The third-order valence-corrected chi connectivity index (χ3v) is 6.01. The Morgan fingerprint density at radius 2 is 1.05 bits per heavy atom. The second-order valence-electron chi connectivity index (χ2n) is 8.33. The van der Waals surface area contributed by atoms with E-state index in [2.05, 4.69) is 0 Å². The van der Waals surface area contributed by atoms with Crippen molar-refractivity contribution in [2.75, 3.05) is 0 Å². The highest BCUT2D eigenvalue weighted by Gasteiger charge is 2.40. The molecule has 1 unspecified atom stereocenters. The molecule has 0 aliphatic carbocycles. The Bertz CT molecular complexity index is 1380. The summed E-state index contributed by atoms with van der Waals surface area (Å²) in [4.78, 5) is 0. The molecular formula is C27H18B2F6O3. The number of alkyl halides is 6. The predicted molar refractivity (Wildman–Crippen MR) is 132 cm³/mol. The van der Waals surface area contributed by atoms with Gasteiger partial charge in [-0.3, -0.25) is 0 Å². The second kappa shape index (κ2) is 10.6. The molecule has 1 atom stereocenters. The number of halogens is 6. The molecule has 0 aromatic heterocycles. The smallest absolute Gasteiger partial charge is 0.416 e. The average molecular weight is 526 g/mol. The predicted octanol–water partition coefficient (Wildman–Crippen LogP) is 5.52. The van der Waals surface area contributed by atoms with E-state index >= 15 is 0 Å². The van der Waals surface area contributed by atoms with Crippen LogP contribution in [-0.2, 0) is 17.9 Å². The first-order chi connectivity index (χ1) is 18.0. The van der Waals surface area contributed by atoms with Crippen LogP contribution in [0.4, 0.5) is 26.3 Å². The fraction of sp³-hybridized carbons (Fsp3) is 0.111. The molecule has 0 bridgehead atoms. The van der Waals surface area contributed by atoms with Gasteiger partial charge in [0.15, 0.2) is 5.50 Å². The number of hydrogen-bond donors (Lipinski definition) is 2. The van der Waals surface area contributed by atoms with E-state index in [1.54, 1.807) is 36.4 Å². The number of hydrogen-bond acceptors (Lipinski definition) is 3. The van der Waals surface area contributed by atoms with E-state index in [0.717, 1.165) is 24.3 Å². The molecule has 0 aliphatic heterocycles. The van der Waals surface area contributed by atoms with E-state index in [1.165, 1.54) is 36.4 Å². The number of rotatable bonds is 7. The van der Waals surface area contributed by atoms with Gasteiger partial charge in [0, 0.05) is 0 Å². The molecule has 0 saturated heterocycles. The van der Waals surface area contributed by atoms with Gasteiger partial charge < -0.3 is 14.8 Å². The highest BCUT2D eigenvalue weighted by atomic mass is 19.4. The standard InChI is InChI=1S/C27H18B2F6O3/c30-26(31,32)20-11-9-17(10-12-20)22-7-4-8-23(24(22)28-36)38-25(29-37,18-5-2-1-3-6-18)19-13-15-21(16-14-19)27(33,34)35/h1-16,36-37H. The minimum Gasteiger partial charge on any atom is -0.485 e. The van der Waals surface area contributed by atoms with Crippen molar-refractivity contribution in [2.45, 2.75) is 17.9 Å². The minimum absolute atomic E-state index is 0.0129. The molecule has 0 heterocycles. The maximum atomic E-state index is 13.2. The molecule has 0 fully saturated rings. The monoisotopic (exact) mass is 526 g/mol. The van der Waals surface area contributed by atoms with Crippen LogP contribution in [0.5, 0.6) is 5.75 Å². The Balaban J connectivity index is 1.83. The fourth-order valence-corrected chi connectivity index (χ4v) is 4.08. The van der Waals surface area contributed by atoms with Gasteiger partial charge in [-0.05, 0) is 58.0 Å². The summed E-state index contributed by atoms with van der Waals surface area (Å²) in [5, 5.41) is 20.6. The first-order valence-corrected chi connectivity index (χ1v) is 11.2. The van der Waals surface area contributed by atoms with Crippen LogP contribution in [0.25, 0.3) is 11.1 Å². The van der Waals surface area contributed by atoms with E-state index in [4.69, 9.17) is 4.74 Å². The summed E-state index contributed by atoms with van der Waals surface area (Å²) >= 11 is 0. The Kier molecular flexibility index (Phi) is 7.62. The highest BCUT2D eigenvalue weighted by molar-refractivity contribution is 6.49. The Hall–Kier alpha value is -3.69. The summed E-state index contributed by atoms with van der Waals surface area (Å²) in [6, 6.07) is 21.1. The second-order valence-corrected chi connectivity index (χ2v) is 8.33. The van der Waals surface area contributed by atoms with E-state index in [0.29, 0.717) is 31.7 Å². The highest BCUT2D eigenvalue weighted by Crippen LogP contribution is 2.37. The fourth-order valence-electron chi connectivity index (χ4n) is 4.08. The summed E-state index contributed by atoms with van der Waals surface area (Å²) in [6.45, 7) is 0. The Morgan fingerprint density at radius 3 is 1.55 bits per heavy atom. The molecule has 4 rings (SSSR count). The van der Waals surface area contributed by atoms with Gasteiger partial charge in [0.05, 0.1) is 11.1 Å². The zero-order chi connectivity index (χ0) is 27.6. The van der Waals surface area contributed by atoms with Gasteiger partial charge >= 0.3 is 27.3 Å². The van der Waals surface area contributed by atoms with Crippen molar-refractivity contribution >= 4 is 20.4 Å². The zero-order valence-electron chi connectivity index (χ0n) is 19.5. The summed E-state index contributed by atoms with van der Waals surface area (Å²) in [5.74, 6) is 0.0129. The molecule has 2 radical (unpaired) electrons. The SMILES string of the molecule is O[B]c1c(OC([B]O)(c2ccccc2)c2ccc(C(F)(F)F)cc2)cccc1-c1ccc(C(F)(F)F)cc1. The minimum atomic E-state index is -4.58. The summed E-state index contributed by atoms with van der Waals surface area (Å²) in [6.07, 6.45) is -9.10. The van der Waals surface area contributed by atoms with Crippen molar-refractivity contribution in [1.29, 1.82) is 0 Å². The first-order valence-electron chi connectivity index (χ1n) is 11.2. The van der Waals surface area contributed by atoms with Gasteiger partial charge in [-0.25, -0.2) is 0 Å². The topological polar surface area (TPSA) is 49.7 Å². The molecular weight excluding hydrogens is 508 g/mol. The lowest BCUT2D eigenvalue weighted by Gasteiger charge is -2.34. The largest absolute Gasteiger partial charge is 0.485 e. The number of ether oxygens (including phenoxy) is 1. The molecule has 0 spiro atoms. The maximum absolute atomic E-state index is 13.2. The van der Waals surface area contributed by atoms with Crippen molar-refractivity contribution in [3.05, 3.63) is 119 Å². The molecule has 4 aromatic rings. The van der Waals surface area contributed by atoms with Crippen LogP contribution in [0.15, 0.2) is 97.1 Å². The average Bonchev–Trinajstić information content (AvgIpc) is 2.91. The molecule has 38 heavy (non-hydrogen) atoms. The Morgan fingerprint density at radius 1 is 0.553 bits per heavy atom. The van der Waals surface area contributed by atoms with Gasteiger partial charge in [-0.2, -0.15) is 26.3 Å². The molecule has 0 saturated carbocycles. The summed E-state index contributed by atoms with van der Waals surface area (Å²) in [7, 11) is 1.40. The molecule has 0 amide bonds. The Labute approximate surface area is 215 Å². The molecule has 192 valence electrons. The van der Waals surface area contributed by atoms with Crippen LogP contribution in [0, 0.1) is 0 Å². The van der Waals surface area contributed by atoms with Crippen LogP contribution in [0.2, 0.25) is 0 Å². The van der Waals surface area contributed by atoms with Crippen LogP contribution in [0.3, 0.4) is 0 Å². The van der Waals surface area contributed by atoms with Crippen LogP contribution in [-0.4, -0.2) is 25.0 Å². The lowest BCUT2D eigenvalue weighted by molar-refractivity contribution is -0.138. The van der Waals surface area contributed by atoms with Crippen molar-refractivity contribution < 1.29 is 41.1 Å². The van der Waals surface area contributed by atoms with Gasteiger partial charge in [0.1, 0.15) is 5.75 Å². The van der Waals surface area contributed by atoms with E-state index < -0.39 is 29.0 Å². The molecule has 4 aromatic carbocycles.